The Labute approximate surface area is 137 Å². The third-order valence-electron chi connectivity index (χ3n) is 4.21. The number of carbonyl (C=O) groups excluding carboxylic acids is 1. The molecule has 1 fully saturated rings. The highest BCUT2D eigenvalue weighted by Crippen LogP contribution is 2.32. The second kappa shape index (κ2) is 7.38. The standard InChI is InChI=1S/C16H20F4N2O2/c1-10(23)22-9-12(6-7-14(22)16(18,19)20)21-8-11-4-3-5-13(24-2)15(11)17/h3-5,12,14,21H,6-9H2,1-2H3. The van der Waals surface area contributed by atoms with E-state index in [4.69, 9.17) is 4.74 Å². The third-order valence-corrected chi connectivity index (χ3v) is 4.21. The lowest BCUT2D eigenvalue weighted by Crippen LogP contribution is -2.57. The largest absolute Gasteiger partial charge is 0.494 e. The molecule has 1 aliphatic heterocycles. The number of ether oxygens (including phenoxy) is 1. The van der Waals surface area contributed by atoms with Crippen molar-refractivity contribution in [2.45, 2.75) is 44.6 Å². The summed E-state index contributed by atoms with van der Waals surface area (Å²) in [4.78, 5) is 12.4. The maximum Gasteiger partial charge on any atom is 0.408 e. The minimum Gasteiger partial charge on any atom is -0.494 e. The van der Waals surface area contributed by atoms with Gasteiger partial charge in [-0.3, -0.25) is 4.79 Å². The Kier molecular flexibility index (Phi) is 5.69. The molecule has 1 saturated heterocycles. The van der Waals surface area contributed by atoms with Crippen LogP contribution in [-0.2, 0) is 11.3 Å². The molecule has 0 spiro atoms. The Morgan fingerprint density at radius 3 is 2.67 bits per heavy atom. The van der Waals surface area contributed by atoms with Crippen LogP contribution < -0.4 is 10.1 Å². The first kappa shape index (κ1) is 18.5. The van der Waals surface area contributed by atoms with Gasteiger partial charge < -0.3 is 15.0 Å². The maximum atomic E-state index is 14.1. The highest BCUT2D eigenvalue weighted by atomic mass is 19.4. The van der Waals surface area contributed by atoms with Gasteiger partial charge in [0.2, 0.25) is 5.91 Å². The average Bonchev–Trinajstić information content (AvgIpc) is 2.52. The van der Waals surface area contributed by atoms with E-state index in [0.717, 1.165) is 11.8 Å². The van der Waals surface area contributed by atoms with E-state index in [1.807, 2.05) is 0 Å². The Hall–Kier alpha value is -1.83. The quantitative estimate of drug-likeness (QED) is 0.851. The summed E-state index contributed by atoms with van der Waals surface area (Å²) in [6, 6.07) is 2.64. The molecule has 1 heterocycles. The highest BCUT2D eigenvalue weighted by Gasteiger charge is 2.47. The van der Waals surface area contributed by atoms with Crippen molar-refractivity contribution in [3.63, 3.8) is 0 Å². The number of nitrogens with zero attached hydrogens (tertiary/aromatic N) is 1. The molecule has 1 aromatic carbocycles. The van der Waals surface area contributed by atoms with Crippen LogP contribution in [-0.4, -0.2) is 42.7 Å². The molecule has 0 radical (unpaired) electrons. The molecule has 24 heavy (non-hydrogen) atoms. The first-order valence-corrected chi connectivity index (χ1v) is 7.62. The monoisotopic (exact) mass is 348 g/mol. The second-order valence-electron chi connectivity index (χ2n) is 5.82. The topological polar surface area (TPSA) is 41.6 Å². The van der Waals surface area contributed by atoms with Crippen LogP contribution in [0.3, 0.4) is 0 Å². The molecule has 2 rings (SSSR count). The fraction of sp³-hybridized carbons (Fsp3) is 0.562. The Morgan fingerprint density at radius 1 is 1.38 bits per heavy atom. The summed E-state index contributed by atoms with van der Waals surface area (Å²) < 4.78 is 57.9. The third kappa shape index (κ3) is 4.17. The molecule has 2 unspecified atom stereocenters. The number of piperidine rings is 1. The molecule has 4 nitrogen and oxygen atoms in total. The van der Waals surface area contributed by atoms with Gasteiger partial charge in [0.15, 0.2) is 11.6 Å². The van der Waals surface area contributed by atoms with E-state index in [2.05, 4.69) is 5.32 Å². The van der Waals surface area contributed by atoms with Crippen molar-refractivity contribution in [2.75, 3.05) is 13.7 Å². The van der Waals surface area contributed by atoms with E-state index in [1.165, 1.54) is 13.2 Å². The van der Waals surface area contributed by atoms with Crippen LogP contribution in [0.25, 0.3) is 0 Å². The Bertz CT molecular complexity index is 592. The fourth-order valence-electron chi connectivity index (χ4n) is 2.93. The number of nitrogens with one attached hydrogen (secondary N) is 1. The van der Waals surface area contributed by atoms with Crippen LogP contribution in [0.15, 0.2) is 18.2 Å². The number of methoxy groups -OCH3 is 1. The van der Waals surface area contributed by atoms with E-state index in [1.54, 1.807) is 12.1 Å². The molecule has 1 aliphatic rings. The fourth-order valence-corrected chi connectivity index (χ4v) is 2.93. The van der Waals surface area contributed by atoms with Crippen LogP contribution in [0.2, 0.25) is 0 Å². The molecule has 1 aromatic rings. The summed E-state index contributed by atoms with van der Waals surface area (Å²) in [5, 5.41) is 3.03. The molecule has 2 atom stereocenters. The van der Waals surface area contributed by atoms with Crippen LogP contribution in [0.4, 0.5) is 17.6 Å². The van der Waals surface area contributed by atoms with E-state index in [0.29, 0.717) is 5.56 Å². The number of likely N-dealkylation sites (tertiary alicyclic amines) is 1. The van der Waals surface area contributed by atoms with Crippen LogP contribution in [0.1, 0.15) is 25.3 Å². The normalized spacial score (nSPS) is 21.7. The average molecular weight is 348 g/mol. The lowest BCUT2D eigenvalue weighted by Gasteiger charge is -2.40. The zero-order chi connectivity index (χ0) is 17.9. The lowest BCUT2D eigenvalue weighted by molar-refractivity contribution is -0.196. The first-order valence-electron chi connectivity index (χ1n) is 7.62. The molecule has 0 bridgehead atoms. The van der Waals surface area contributed by atoms with Crippen molar-refractivity contribution in [3.8, 4) is 5.75 Å². The van der Waals surface area contributed by atoms with Crippen molar-refractivity contribution in [2.24, 2.45) is 0 Å². The predicted molar refractivity (Wildman–Crippen MR) is 80.0 cm³/mol. The zero-order valence-electron chi connectivity index (χ0n) is 13.5. The van der Waals surface area contributed by atoms with Gasteiger partial charge in [-0.1, -0.05) is 12.1 Å². The predicted octanol–water partition coefficient (Wildman–Crippen LogP) is 2.87. The molecule has 8 heteroatoms. The molecule has 1 N–H and O–H groups in total. The van der Waals surface area contributed by atoms with Gasteiger partial charge >= 0.3 is 6.18 Å². The van der Waals surface area contributed by atoms with Gasteiger partial charge in [-0.15, -0.1) is 0 Å². The molecule has 1 amide bonds. The Balaban J connectivity index is 2.01. The van der Waals surface area contributed by atoms with Gasteiger partial charge in [-0.2, -0.15) is 13.2 Å². The summed E-state index contributed by atoms with van der Waals surface area (Å²) in [5.41, 5.74) is 0.363. The summed E-state index contributed by atoms with van der Waals surface area (Å²) in [7, 11) is 1.36. The van der Waals surface area contributed by atoms with Crippen molar-refractivity contribution in [1.82, 2.24) is 10.2 Å². The molecule has 0 aromatic heterocycles. The highest BCUT2D eigenvalue weighted by molar-refractivity contribution is 5.74. The van der Waals surface area contributed by atoms with Crippen molar-refractivity contribution >= 4 is 5.91 Å². The van der Waals surface area contributed by atoms with E-state index in [9.17, 15) is 22.4 Å². The Morgan fingerprint density at radius 2 is 2.08 bits per heavy atom. The van der Waals surface area contributed by atoms with Crippen LogP contribution >= 0.6 is 0 Å². The number of hydrogen-bond acceptors (Lipinski definition) is 3. The second-order valence-corrected chi connectivity index (χ2v) is 5.82. The van der Waals surface area contributed by atoms with Crippen molar-refractivity contribution in [3.05, 3.63) is 29.6 Å². The smallest absolute Gasteiger partial charge is 0.408 e. The van der Waals surface area contributed by atoms with Gasteiger partial charge in [0.1, 0.15) is 6.04 Å². The summed E-state index contributed by atoms with van der Waals surface area (Å²) >= 11 is 0. The molecule has 0 saturated carbocycles. The minimum atomic E-state index is -4.43. The first-order chi connectivity index (χ1) is 11.2. The summed E-state index contributed by atoms with van der Waals surface area (Å²) in [6.45, 7) is 1.23. The number of alkyl halides is 3. The van der Waals surface area contributed by atoms with Gasteiger partial charge in [0.05, 0.1) is 7.11 Å². The number of hydrogen-bond donors (Lipinski definition) is 1. The van der Waals surface area contributed by atoms with Crippen LogP contribution in [0.5, 0.6) is 5.75 Å². The van der Waals surface area contributed by atoms with Gasteiger partial charge in [-0.25, -0.2) is 4.39 Å². The number of halogens is 4. The molecular formula is C16H20F4N2O2. The molecule has 134 valence electrons. The van der Waals surface area contributed by atoms with E-state index >= 15 is 0 Å². The molecular weight excluding hydrogens is 328 g/mol. The summed E-state index contributed by atoms with van der Waals surface area (Å²) in [6.07, 6.45) is -4.34. The number of rotatable bonds is 4. The number of carbonyl (C=O) groups is 1. The molecule has 0 aliphatic carbocycles. The van der Waals surface area contributed by atoms with Gasteiger partial charge in [0.25, 0.3) is 0 Å². The SMILES string of the molecule is COc1cccc(CNC2CCC(C(F)(F)F)N(C(C)=O)C2)c1F. The number of benzene rings is 1. The summed E-state index contributed by atoms with van der Waals surface area (Å²) in [5.74, 6) is -1.00. The zero-order valence-corrected chi connectivity index (χ0v) is 13.5. The maximum absolute atomic E-state index is 14.1. The van der Waals surface area contributed by atoms with E-state index < -0.39 is 23.9 Å². The lowest BCUT2D eigenvalue weighted by atomic mass is 9.97. The number of amides is 1. The van der Waals surface area contributed by atoms with Gasteiger partial charge in [-0.05, 0) is 18.9 Å². The van der Waals surface area contributed by atoms with Crippen molar-refractivity contribution in [1.29, 1.82) is 0 Å². The van der Waals surface area contributed by atoms with Gasteiger partial charge in [0, 0.05) is 31.6 Å². The minimum absolute atomic E-state index is 0.0505. The van der Waals surface area contributed by atoms with E-state index in [-0.39, 0.29) is 37.7 Å². The van der Waals surface area contributed by atoms with Crippen molar-refractivity contribution < 1.29 is 27.1 Å². The van der Waals surface area contributed by atoms with Crippen LogP contribution in [0, 0.1) is 5.82 Å².